The van der Waals surface area contributed by atoms with E-state index in [2.05, 4.69) is 16.9 Å². The second-order valence-electron chi connectivity index (χ2n) is 4.85. The van der Waals surface area contributed by atoms with Gasteiger partial charge in [0.1, 0.15) is 0 Å². The molecule has 1 fully saturated rings. The number of hydrogen-bond acceptors (Lipinski definition) is 2. The Balaban J connectivity index is 2.02. The molecular weight excluding hydrogens is 210 g/mol. The zero-order valence-corrected chi connectivity index (χ0v) is 10.5. The first-order valence-corrected chi connectivity index (χ1v) is 6.50. The van der Waals surface area contributed by atoms with Crippen LogP contribution in [0.2, 0.25) is 0 Å². The van der Waals surface area contributed by atoms with Crippen molar-refractivity contribution in [3.63, 3.8) is 0 Å². The molecule has 1 aliphatic rings. The molecule has 1 aromatic heterocycles. The molecular formula is C14H21N3. The fourth-order valence-corrected chi connectivity index (χ4v) is 2.44. The number of amidine groups is 1. The van der Waals surface area contributed by atoms with Crippen molar-refractivity contribution >= 4 is 5.84 Å². The van der Waals surface area contributed by atoms with Crippen LogP contribution in [0.4, 0.5) is 0 Å². The molecule has 1 aromatic rings. The van der Waals surface area contributed by atoms with Gasteiger partial charge in [0.15, 0.2) is 0 Å². The summed E-state index contributed by atoms with van der Waals surface area (Å²) in [5.74, 6) is 1.35. The topological polar surface area (TPSA) is 51.3 Å². The average molecular weight is 231 g/mol. The third kappa shape index (κ3) is 3.29. The molecule has 0 radical (unpaired) electrons. The molecule has 2 N–H and O–H groups in total. The molecule has 0 bridgehead atoms. The first-order chi connectivity index (χ1) is 8.27. The SMILES string of the molecule is CC(N=C(N)C1CCCCC1)c1ccncc1. The molecule has 0 spiro atoms. The smallest absolute Gasteiger partial charge is 0.0975 e. The predicted molar refractivity (Wildman–Crippen MR) is 70.8 cm³/mol. The van der Waals surface area contributed by atoms with Gasteiger partial charge < -0.3 is 5.73 Å². The maximum absolute atomic E-state index is 6.12. The minimum atomic E-state index is 0.139. The van der Waals surface area contributed by atoms with Crippen LogP contribution in [-0.4, -0.2) is 10.8 Å². The molecule has 92 valence electrons. The van der Waals surface area contributed by atoms with Crippen LogP contribution in [0.15, 0.2) is 29.5 Å². The second-order valence-corrected chi connectivity index (χ2v) is 4.85. The average Bonchev–Trinajstić information content (AvgIpc) is 2.40. The molecule has 3 nitrogen and oxygen atoms in total. The van der Waals surface area contributed by atoms with E-state index in [4.69, 9.17) is 5.73 Å². The van der Waals surface area contributed by atoms with E-state index >= 15 is 0 Å². The van der Waals surface area contributed by atoms with Gasteiger partial charge in [0, 0.05) is 18.3 Å². The van der Waals surface area contributed by atoms with Crippen LogP contribution in [0.3, 0.4) is 0 Å². The van der Waals surface area contributed by atoms with Gasteiger partial charge in [-0.3, -0.25) is 9.98 Å². The highest BCUT2D eigenvalue weighted by molar-refractivity contribution is 5.83. The van der Waals surface area contributed by atoms with Crippen LogP contribution in [0.1, 0.15) is 50.6 Å². The van der Waals surface area contributed by atoms with E-state index in [0.29, 0.717) is 5.92 Å². The lowest BCUT2D eigenvalue weighted by Crippen LogP contribution is -2.26. The Hall–Kier alpha value is -1.38. The molecule has 17 heavy (non-hydrogen) atoms. The highest BCUT2D eigenvalue weighted by atomic mass is 14.9. The van der Waals surface area contributed by atoms with E-state index in [1.807, 2.05) is 12.1 Å². The summed E-state index contributed by atoms with van der Waals surface area (Å²) in [5.41, 5.74) is 7.30. The molecule has 0 saturated heterocycles. The molecule has 1 heterocycles. The van der Waals surface area contributed by atoms with Gasteiger partial charge in [0.2, 0.25) is 0 Å². The summed E-state index contributed by atoms with van der Waals surface area (Å²) in [7, 11) is 0. The molecule has 1 unspecified atom stereocenters. The Bertz CT molecular complexity index is 366. The van der Waals surface area contributed by atoms with E-state index in [1.165, 1.54) is 37.7 Å². The lowest BCUT2D eigenvalue weighted by atomic mass is 9.88. The highest BCUT2D eigenvalue weighted by Crippen LogP contribution is 2.25. The van der Waals surface area contributed by atoms with Gasteiger partial charge in [-0.2, -0.15) is 0 Å². The monoisotopic (exact) mass is 231 g/mol. The summed E-state index contributed by atoms with van der Waals surface area (Å²) in [4.78, 5) is 8.65. The Morgan fingerprint density at radius 2 is 1.94 bits per heavy atom. The molecule has 2 rings (SSSR count). The third-order valence-electron chi connectivity index (χ3n) is 3.55. The molecule has 3 heteroatoms. The summed E-state index contributed by atoms with van der Waals surface area (Å²) in [6.07, 6.45) is 9.96. The van der Waals surface area contributed by atoms with Gasteiger partial charge in [0.25, 0.3) is 0 Å². The van der Waals surface area contributed by atoms with Crippen LogP contribution in [-0.2, 0) is 0 Å². The number of nitrogens with two attached hydrogens (primary N) is 1. The summed E-state index contributed by atoms with van der Waals surface area (Å²) >= 11 is 0. The van der Waals surface area contributed by atoms with Crippen molar-refractivity contribution in [1.82, 2.24) is 4.98 Å². The zero-order chi connectivity index (χ0) is 12.1. The number of aromatic nitrogens is 1. The minimum absolute atomic E-state index is 0.139. The van der Waals surface area contributed by atoms with E-state index in [9.17, 15) is 0 Å². The minimum Gasteiger partial charge on any atom is -0.387 e. The predicted octanol–water partition coefficient (Wildman–Crippen LogP) is 3.08. The van der Waals surface area contributed by atoms with Crippen molar-refractivity contribution in [2.45, 2.75) is 45.1 Å². The number of pyridine rings is 1. The van der Waals surface area contributed by atoms with E-state index < -0.39 is 0 Å². The molecule has 0 amide bonds. The van der Waals surface area contributed by atoms with Gasteiger partial charge in [-0.05, 0) is 37.5 Å². The van der Waals surface area contributed by atoms with Crippen molar-refractivity contribution in [2.24, 2.45) is 16.6 Å². The van der Waals surface area contributed by atoms with Crippen molar-refractivity contribution in [3.05, 3.63) is 30.1 Å². The number of aliphatic imine (C=N–C) groups is 1. The Labute approximate surface area is 103 Å². The molecule has 0 aliphatic heterocycles. The Morgan fingerprint density at radius 3 is 2.59 bits per heavy atom. The van der Waals surface area contributed by atoms with Gasteiger partial charge in [-0.15, -0.1) is 0 Å². The van der Waals surface area contributed by atoms with Crippen molar-refractivity contribution < 1.29 is 0 Å². The van der Waals surface area contributed by atoms with E-state index in [-0.39, 0.29) is 6.04 Å². The maximum atomic E-state index is 6.12. The van der Waals surface area contributed by atoms with Gasteiger partial charge in [0.05, 0.1) is 11.9 Å². The van der Waals surface area contributed by atoms with Gasteiger partial charge in [-0.25, -0.2) is 0 Å². The zero-order valence-electron chi connectivity index (χ0n) is 10.5. The molecule has 0 aromatic carbocycles. The lowest BCUT2D eigenvalue weighted by molar-refractivity contribution is 0.435. The van der Waals surface area contributed by atoms with Crippen LogP contribution in [0.25, 0.3) is 0 Å². The van der Waals surface area contributed by atoms with Crippen molar-refractivity contribution in [3.8, 4) is 0 Å². The van der Waals surface area contributed by atoms with E-state index in [0.717, 1.165) is 5.84 Å². The van der Waals surface area contributed by atoms with E-state index in [1.54, 1.807) is 12.4 Å². The molecule has 1 saturated carbocycles. The second kappa shape index (κ2) is 5.80. The largest absolute Gasteiger partial charge is 0.387 e. The van der Waals surface area contributed by atoms with Gasteiger partial charge in [-0.1, -0.05) is 19.3 Å². The standard InChI is InChI=1S/C14H21N3/c1-11(12-7-9-16-10-8-12)17-14(15)13-5-3-2-4-6-13/h7-11,13H,2-6H2,1H3,(H2,15,17). The summed E-state index contributed by atoms with van der Waals surface area (Å²) in [6.45, 7) is 2.09. The van der Waals surface area contributed by atoms with Gasteiger partial charge >= 0.3 is 0 Å². The fourth-order valence-electron chi connectivity index (χ4n) is 2.44. The number of hydrogen-bond donors (Lipinski definition) is 1. The summed E-state index contributed by atoms with van der Waals surface area (Å²) in [5, 5.41) is 0. The maximum Gasteiger partial charge on any atom is 0.0975 e. The number of nitrogens with zero attached hydrogens (tertiary/aromatic N) is 2. The summed E-state index contributed by atoms with van der Waals surface area (Å²) < 4.78 is 0. The van der Waals surface area contributed by atoms with Crippen LogP contribution in [0, 0.1) is 5.92 Å². The Morgan fingerprint density at radius 1 is 1.29 bits per heavy atom. The highest BCUT2D eigenvalue weighted by Gasteiger charge is 2.17. The Kier molecular flexibility index (Phi) is 4.13. The number of rotatable bonds is 3. The molecule has 1 aliphatic carbocycles. The molecule has 1 atom stereocenters. The first-order valence-electron chi connectivity index (χ1n) is 6.50. The first kappa shape index (κ1) is 12.1. The van der Waals surface area contributed by atoms with Crippen molar-refractivity contribution in [2.75, 3.05) is 0 Å². The van der Waals surface area contributed by atoms with Crippen LogP contribution in [0.5, 0.6) is 0 Å². The normalized spacial score (nSPS) is 20.2. The lowest BCUT2D eigenvalue weighted by Gasteiger charge is -2.22. The third-order valence-corrected chi connectivity index (χ3v) is 3.55. The fraction of sp³-hybridized carbons (Fsp3) is 0.571. The summed E-state index contributed by atoms with van der Waals surface area (Å²) in [6, 6.07) is 4.14. The van der Waals surface area contributed by atoms with Crippen LogP contribution < -0.4 is 5.73 Å². The quantitative estimate of drug-likeness (QED) is 0.642. The van der Waals surface area contributed by atoms with Crippen molar-refractivity contribution in [1.29, 1.82) is 0 Å². The van der Waals surface area contributed by atoms with Crippen LogP contribution >= 0.6 is 0 Å².